The number of nitrogens with one attached hydrogen (secondary N) is 3. The molecular formula is C15H21N7O. The lowest BCUT2D eigenvalue weighted by molar-refractivity contribution is 0.252. The first-order valence-electron chi connectivity index (χ1n) is 7.34. The molecule has 2 heterocycles. The van der Waals surface area contributed by atoms with Gasteiger partial charge in [0.25, 0.3) is 0 Å². The molecule has 8 nitrogen and oxygen atoms in total. The number of pyridine rings is 1. The van der Waals surface area contributed by atoms with Crippen molar-refractivity contribution < 1.29 is 4.79 Å². The Morgan fingerprint density at radius 2 is 2.00 bits per heavy atom. The number of hydrogen-bond donors (Lipinski definition) is 3. The third kappa shape index (κ3) is 5.77. The molecule has 0 bridgehead atoms. The van der Waals surface area contributed by atoms with E-state index in [9.17, 15) is 4.79 Å². The Hall–Kier alpha value is -2.90. The quantitative estimate of drug-likeness (QED) is 0.671. The van der Waals surface area contributed by atoms with Gasteiger partial charge in [-0.15, -0.1) is 0 Å². The lowest BCUT2D eigenvalue weighted by Gasteiger charge is -2.12. The highest BCUT2D eigenvalue weighted by molar-refractivity contribution is 5.88. The summed E-state index contributed by atoms with van der Waals surface area (Å²) >= 11 is 0. The fourth-order valence-corrected chi connectivity index (χ4v) is 1.79. The highest BCUT2D eigenvalue weighted by Crippen LogP contribution is 2.10. The van der Waals surface area contributed by atoms with Gasteiger partial charge in [-0.2, -0.15) is 0 Å². The molecule has 0 unspecified atom stereocenters. The zero-order chi connectivity index (χ0) is 16.5. The molecule has 23 heavy (non-hydrogen) atoms. The molecule has 0 saturated carbocycles. The Morgan fingerprint density at radius 3 is 2.74 bits per heavy atom. The summed E-state index contributed by atoms with van der Waals surface area (Å²) in [4.78, 5) is 25.9. The third-order valence-electron chi connectivity index (χ3n) is 2.96. The first-order valence-corrected chi connectivity index (χ1v) is 7.34. The van der Waals surface area contributed by atoms with Crippen LogP contribution in [0.3, 0.4) is 0 Å². The molecule has 0 radical (unpaired) electrons. The molecule has 0 aliphatic heterocycles. The van der Waals surface area contributed by atoms with Gasteiger partial charge in [0.15, 0.2) is 0 Å². The number of hydrogen-bond acceptors (Lipinski definition) is 6. The van der Waals surface area contributed by atoms with E-state index < -0.39 is 0 Å². The number of carbonyl (C=O) groups is 1. The number of urea groups is 1. The van der Waals surface area contributed by atoms with Gasteiger partial charge in [-0.3, -0.25) is 5.32 Å². The number of aromatic nitrogens is 3. The van der Waals surface area contributed by atoms with Crippen molar-refractivity contribution in [3.05, 3.63) is 36.8 Å². The van der Waals surface area contributed by atoms with Crippen molar-refractivity contribution in [2.45, 2.75) is 6.42 Å². The molecule has 2 amide bonds. The summed E-state index contributed by atoms with van der Waals surface area (Å²) in [6.45, 7) is 1.28. The second kappa shape index (κ2) is 8.52. The van der Waals surface area contributed by atoms with Crippen LogP contribution in [-0.2, 0) is 0 Å². The van der Waals surface area contributed by atoms with E-state index in [0.29, 0.717) is 12.4 Å². The van der Waals surface area contributed by atoms with Crippen molar-refractivity contribution in [3.8, 4) is 0 Å². The average molecular weight is 315 g/mol. The van der Waals surface area contributed by atoms with Gasteiger partial charge in [-0.25, -0.2) is 19.7 Å². The molecule has 0 fully saturated rings. The number of rotatable bonds is 7. The Balaban J connectivity index is 1.66. The van der Waals surface area contributed by atoms with Crippen LogP contribution in [0.1, 0.15) is 6.42 Å². The summed E-state index contributed by atoms with van der Waals surface area (Å²) in [7, 11) is 3.75. The number of anilines is 3. The topological polar surface area (TPSA) is 95.1 Å². The zero-order valence-corrected chi connectivity index (χ0v) is 13.3. The van der Waals surface area contributed by atoms with E-state index in [1.54, 1.807) is 12.3 Å². The van der Waals surface area contributed by atoms with E-state index in [1.807, 2.05) is 37.2 Å². The van der Waals surface area contributed by atoms with Crippen molar-refractivity contribution in [2.24, 2.45) is 0 Å². The van der Waals surface area contributed by atoms with Gasteiger partial charge in [0.1, 0.15) is 23.8 Å². The van der Waals surface area contributed by atoms with E-state index in [-0.39, 0.29) is 6.03 Å². The minimum atomic E-state index is -0.286. The van der Waals surface area contributed by atoms with Gasteiger partial charge in [0.05, 0.1) is 0 Å². The summed E-state index contributed by atoms with van der Waals surface area (Å²) in [5.74, 6) is 2.02. The summed E-state index contributed by atoms with van der Waals surface area (Å²) in [5.41, 5.74) is 0. The smallest absolute Gasteiger partial charge is 0.320 e. The molecule has 0 spiro atoms. The summed E-state index contributed by atoms with van der Waals surface area (Å²) < 4.78 is 0. The van der Waals surface area contributed by atoms with Gasteiger partial charge in [0, 0.05) is 39.4 Å². The molecule has 3 N–H and O–H groups in total. The van der Waals surface area contributed by atoms with Crippen LogP contribution in [0.5, 0.6) is 0 Å². The molecule has 2 aromatic rings. The van der Waals surface area contributed by atoms with Gasteiger partial charge >= 0.3 is 6.03 Å². The van der Waals surface area contributed by atoms with Crippen molar-refractivity contribution in [1.82, 2.24) is 20.3 Å². The Bertz CT molecular complexity index is 618. The highest BCUT2D eigenvalue weighted by atomic mass is 16.2. The van der Waals surface area contributed by atoms with Crippen LogP contribution in [0, 0.1) is 0 Å². The standard InChI is InChI=1S/C15H21N7O/c1-22(2)14-10-13(19-11-20-14)21-15(23)18-9-5-8-17-12-6-3-4-7-16-12/h3-4,6-7,10-11H,5,8-9H2,1-2H3,(H,16,17)(H2,18,19,20,21,23). The highest BCUT2D eigenvalue weighted by Gasteiger charge is 2.04. The molecule has 0 aliphatic carbocycles. The molecular weight excluding hydrogens is 294 g/mol. The van der Waals surface area contributed by atoms with Crippen LogP contribution in [0.15, 0.2) is 36.8 Å². The van der Waals surface area contributed by atoms with Crippen LogP contribution in [0.4, 0.5) is 22.2 Å². The molecule has 0 aliphatic rings. The second-order valence-corrected chi connectivity index (χ2v) is 5.03. The Kier molecular flexibility index (Phi) is 6.10. The SMILES string of the molecule is CN(C)c1cc(NC(=O)NCCCNc2ccccn2)ncn1. The first-order chi connectivity index (χ1) is 11.1. The molecule has 0 atom stereocenters. The van der Waals surface area contributed by atoms with Gasteiger partial charge in [-0.1, -0.05) is 6.07 Å². The minimum Gasteiger partial charge on any atom is -0.370 e. The van der Waals surface area contributed by atoms with Crippen LogP contribution >= 0.6 is 0 Å². The van der Waals surface area contributed by atoms with Gasteiger partial charge in [-0.05, 0) is 18.6 Å². The average Bonchev–Trinajstić information content (AvgIpc) is 2.55. The van der Waals surface area contributed by atoms with E-state index >= 15 is 0 Å². The Labute approximate surface area is 135 Å². The van der Waals surface area contributed by atoms with Crippen LogP contribution in [0.25, 0.3) is 0 Å². The van der Waals surface area contributed by atoms with Crippen LogP contribution in [-0.4, -0.2) is 48.2 Å². The summed E-state index contributed by atoms with van der Waals surface area (Å²) in [6, 6.07) is 7.11. The normalized spacial score (nSPS) is 10.0. The monoisotopic (exact) mass is 315 g/mol. The van der Waals surface area contributed by atoms with E-state index in [0.717, 1.165) is 24.6 Å². The predicted octanol–water partition coefficient (Wildman–Crippen LogP) is 1.56. The van der Waals surface area contributed by atoms with Gasteiger partial charge in [0.2, 0.25) is 0 Å². The maximum absolute atomic E-state index is 11.8. The molecule has 8 heteroatoms. The fraction of sp³-hybridized carbons (Fsp3) is 0.333. The van der Waals surface area contributed by atoms with E-state index in [4.69, 9.17) is 0 Å². The lowest BCUT2D eigenvalue weighted by atomic mass is 10.4. The minimum absolute atomic E-state index is 0.286. The van der Waals surface area contributed by atoms with Gasteiger partial charge < -0.3 is 15.5 Å². The molecule has 2 aromatic heterocycles. The molecule has 122 valence electrons. The van der Waals surface area contributed by atoms with Crippen molar-refractivity contribution in [1.29, 1.82) is 0 Å². The van der Waals surface area contributed by atoms with Crippen molar-refractivity contribution in [3.63, 3.8) is 0 Å². The van der Waals surface area contributed by atoms with Crippen LogP contribution < -0.4 is 20.9 Å². The lowest BCUT2D eigenvalue weighted by Crippen LogP contribution is -2.30. The summed E-state index contributed by atoms with van der Waals surface area (Å²) in [6.07, 6.45) is 3.94. The molecule has 2 rings (SSSR count). The van der Waals surface area contributed by atoms with E-state index in [2.05, 4.69) is 30.9 Å². The molecule has 0 aromatic carbocycles. The summed E-state index contributed by atoms with van der Waals surface area (Å²) in [5, 5.41) is 8.65. The predicted molar refractivity (Wildman–Crippen MR) is 90.7 cm³/mol. The molecule has 0 saturated heterocycles. The number of amides is 2. The van der Waals surface area contributed by atoms with E-state index in [1.165, 1.54) is 6.33 Å². The largest absolute Gasteiger partial charge is 0.370 e. The maximum atomic E-state index is 11.8. The van der Waals surface area contributed by atoms with Crippen molar-refractivity contribution >= 4 is 23.5 Å². The fourth-order valence-electron chi connectivity index (χ4n) is 1.79. The third-order valence-corrected chi connectivity index (χ3v) is 2.96. The maximum Gasteiger partial charge on any atom is 0.320 e. The second-order valence-electron chi connectivity index (χ2n) is 5.03. The number of nitrogens with zero attached hydrogens (tertiary/aromatic N) is 4. The van der Waals surface area contributed by atoms with Crippen molar-refractivity contribution in [2.75, 3.05) is 42.7 Å². The Morgan fingerprint density at radius 1 is 1.13 bits per heavy atom. The number of carbonyl (C=O) groups excluding carboxylic acids is 1. The van der Waals surface area contributed by atoms with Crippen LogP contribution in [0.2, 0.25) is 0 Å². The first kappa shape index (κ1) is 16.5. The zero-order valence-electron chi connectivity index (χ0n) is 13.3.